The average molecular weight is 834 g/mol. The molecule has 63 heavy (non-hydrogen) atoms. The molecule has 6 nitrogen and oxygen atoms in total. The van der Waals surface area contributed by atoms with Crippen molar-refractivity contribution < 1.29 is 25.8 Å². The molecular formula is C57H51N5O. The van der Waals surface area contributed by atoms with Crippen molar-refractivity contribution in [3.05, 3.63) is 193 Å². The summed E-state index contributed by atoms with van der Waals surface area (Å²) in [6, 6.07) is 27.4. The van der Waals surface area contributed by atoms with Gasteiger partial charge in [-0.1, -0.05) is 150 Å². The van der Waals surface area contributed by atoms with Gasteiger partial charge in [-0.05, 0) is 106 Å². The maximum absolute atomic E-state index is 9.10. The molecule has 0 fully saturated rings. The van der Waals surface area contributed by atoms with Crippen molar-refractivity contribution in [1.82, 2.24) is 19.1 Å². The zero-order valence-corrected chi connectivity index (χ0v) is 35.8. The van der Waals surface area contributed by atoms with Gasteiger partial charge in [0.05, 0.1) is 52.7 Å². The molecule has 0 aliphatic rings. The second-order valence-corrected chi connectivity index (χ2v) is 17.8. The Morgan fingerprint density at radius 3 is 2.08 bits per heavy atom. The van der Waals surface area contributed by atoms with Crippen molar-refractivity contribution >= 4 is 33.0 Å². The summed E-state index contributed by atoms with van der Waals surface area (Å²) in [7, 11) is 0. The van der Waals surface area contributed by atoms with Crippen LogP contribution in [0, 0.1) is 17.2 Å². The second kappa shape index (κ2) is 15.9. The number of imidazole rings is 1. The number of para-hydroxylation sites is 3. The van der Waals surface area contributed by atoms with E-state index in [-0.39, 0.29) is 33.4 Å². The minimum atomic E-state index is -1.68. The van der Waals surface area contributed by atoms with Crippen LogP contribution in [-0.2, 0) is 12.8 Å². The molecule has 0 saturated heterocycles. The van der Waals surface area contributed by atoms with E-state index in [1.807, 2.05) is 98.1 Å². The van der Waals surface area contributed by atoms with E-state index in [2.05, 4.69) is 27.1 Å². The summed E-state index contributed by atoms with van der Waals surface area (Å²) in [4.78, 5) is 9.97. The number of pyridine rings is 2. The van der Waals surface area contributed by atoms with Gasteiger partial charge in [0.1, 0.15) is 17.3 Å². The zero-order valence-electron chi connectivity index (χ0n) is 47.8. The third kappa shape index (κ3) is 8.01. The Balaban J connectivity index is 1.14. The lowest BCUT2D eigenvalue weighted by Gasteiger charge is -2.19. The lowest BCUT2D eigenvalue weighted by molar-refractivity contribution is -0.571. The predicted octanol–water partition coefficient (Wildman–Crippen LogP) is 13.9. The molecule has 6 heteroatoms. The molecule has 0 radical (unpaired) electrons. The highest BCUT2D eigenvalue weighted by molar-refractivity contribution is 6.07. The van der Waals surface area contributed by atoms with E-state index in [0.717, 1.165) is 34.1 Å². The lowest BCUT2D eigenvalue weighted by Crippen LogP contribution is -2.31. The Hall–Kier alpha value is -7.31. The average Bonchev–Trinajstić information content (AvgIpc) is 3.91. The van der Waals surface area contributed by atoms with Crippen LogP contribution in [0.5, 0.6) is 11.5 Å². The van der Waals surface area contributed by atoms with Crippen LogP contribution in [0.4, 0.5) is 0 Å². The van der Waals surface area contributed by atoms with E-state index < -0.39 is 72.2 Å². The van der Waals surface area contributed by atoms with Crippen LogP contribution in [0.3, 0.4) is 0 Å². The standard InChI is InChI=1S/C57H51N5O/c1-56(2,3)36-39-31-32-58-53(33-39)62-51-30-27-42(37-57(4,5)6)59-54(51)48-29-28-45(35-52(48)62)63-44-22-15-21-43(34-44)60-38-61(50-26-14-13-25-49(50)60)55-46(40-17-9-7-10-18-40)23-16-24-47(55)41-19-11-8-12-20-41/h7-35H,36-37H2,1-6H3/i7D,8D,9D,10D,11D,12D,17D,18D,19D,20D,36D2. The Labute approximate surface area is 386 Å². The molecular weight excluding hydrogens is 771 g/mol. The van der Waals surface area contributed by atoms with Gasteiger partial charge in [0.25, 0.3) is 6.33 Å². The largest absolute Gasteiger partial charge is 0.458 e. The van der Waals surface area contributed by atoms with Crippen molar-refractivity contribution in [1.29, 1.82) is 0 Å². The maximum atomic E-state index is 9.10. The van der Waals surface area contributed by atoms with Crippen LogP contribution < -0.4 is 9.30 Å². The van der Waals surface area contributed by atoms with E-state index in [1.54, 1.807) is 51.7 Å². The number of benzene rings is 6. The fourth-order valence-corrected chi connectivity index (χ4v) is 8.10. The highest BCUT2D eigenvalue weighted by Gasteiger charge is 2.22. The summed E-state index contributed by atoms with van der Waals surface area (Å²) in [5.41, 5.74) is 4.93. The third-order valence-electron chi connectivity index (χ3n) is 10.5. The smallest absolute Gasteiger partial charge is 0.269 e. The molecule has 0 N–H and O–H groups in total. The van der Waals surface area contributed by atoms with E-state index in [9.17, 15) is 0 Å². The molecule has 0 aliphatic heterocycles. The number of hydrogen-bond acceptors (Lipinski definition) is 3. The SMILES string of the molecule is [2H]c1c([2H])c([2H])c(-c2cccc(-c3c([2H])c([2H])c([2H])c([2H])c3[2H])c2-[n+]2[c-]n(-c3cccc(Oc4ccc5c6nc(CC(C)(C)C)ccc6n(-c6cc(C([2H])([2H])C(C)(C)C)ccn6)c5c4)c3)c3ccccc32)c([2H])c1[2H]. The van der Waals surface area contributed by atoms with Crippen LogP contribution in [0.1, 0.15) is 69.2 Å². The molecule has 0 saturated carbocycles. The van der Waals surface area contributed by atoms with E-state index >= 15 is 0 Å². The van der Waals surface area contributed by atoms with E-state index in [4.69, 9.17) is 31.2 Å². The zero-order chi connectivity index (χ0) is 53.8. The Morgan fingerprint density at radius 2 is 1.37 bits per heavy atom. The predicted molar refractivity (Wildman–Crippen MR) is 257 cm³/mol. The van der Waals surface area contributed by atoms with Gasteiger partial charge in [0.2, 0.25) is 0 Å². The van der Waals surface area contributed by atoms with Gasteiger partial charge in [-0.2, -0.15) is 0 Å². The lowest BCUT2D eigenvalue weighted by atomic mass is 9.88. The molecule has 10 rings (SSSR count). The van der Waals surface area contributed by atoms with Crippen LogP contribution >= 0.6 is 0 Å². The Kier molecular flexibility index (Phi) is 7.13. The number of nitrogens with zero attached hydrogens (tertiary/aromatic N) is 5. The third-order valence-corrected chi connectivity index (χ3v) is 10.5. The Bertz CT molecular complexity index is 3840. The van der Waals surface area contributed by atoms with E-state index in [1.165, 1.54) is 0 Å². The molecule has 0 unspecified atom stereocenters. The first kappa shape index (κ1) is 28.3. The maximum Gasteiger partial charge on any atom is 0.269 e. The Morgan fingerprint density at radius 1 is 0.667 bits per heavy atom. The first-order valence-corrected chi connectivity index (χ1v) is 20.8. The number of rotatable bonds is 9. The van der Waals surface area contributed by atoms with Crippen molar-refractivity contribution in [2.45, 2.75) is 54.3 Å². The van der Waals surface area contributed by atoms with Crippen LogP contribution in [0.25, 0.3) is 72.4 Å². The quantitative estimate of drug-likeness (QED) is 0.107. The number of aromatic nitrogens is 5. The van der Waals surface area contributed by atoms with Crippen LogP contribution in [-0.4, -0.2) is 19.1 Å². The summed E-state index contributed by atoms with van der Waals surface area (Å²) in [6.07, 6.45) is 4.14. The van der Waals surface area contributed by atoms with Crippen molar-refractivity contribution in [3.8, 4) is 50.9 Å². The van der Waals surface area contributed by atoms with E-state index in [0.29, 0.717) is 39.6 Å². The number of ether oxygens (including phenoxy) is 1. The fourth-order valence-electron chi connectivity index (χ4n) is 8.10. The number of fused-ring (bicyclic) bond motifs is 4. The van der Waals surface area contributed by atoms with Crippen LogP contribution in [0.2, 0.25) is 0 Å². The molecule has 10 aromatic rings. The molecule has 0 aliphatic carbocycles. The minimum absolute atomic E-state index is 0.0102. The summed E-state index contributed by atoms with van der Waals surface area (Å²) in [5, 5.41) is 0.859. The van der Waals surface area contributed by atoms with Gasteiger partial charge in [0.15, 0.2) is 0 Å². The molecule has 4 aromatic heterocycles. The molecule has 310 valence electrons. The van der Waals surface area contributed by atoms with Gasteiger partial charge in [-0.15, -0.1) is 0 Å². The highest BCUT2D eigenvalue weighted by Crippen LogP contribution is 2.37. The molecule has 0 amide bonds. The molecule has 0 bridgehead atoms. The summed E-state index contributed by atoms with van der Waals surface area (Å²) in [6.45, 7) is 12.1. The van der Waals surface area contributed by atoms with Crippen molar-refractivity contribution in [2.75, 3.05) is 0 Å². The van der Waals surface area contributed by atoms with Gasteiger partial charge < -0.3 is 4.74 Å². The van der Waals surface area contributed by atoms with Gasteiger partial charge in [-0.3, -0.25) is 18.7 Å². The van der Waals surface area contributed by atoms with Crippen molar-refractivity contribution in [3.63, 3.8) is 0 Å². The summed E-state index contributed by atoms with van der Waals surface area (Å²) >= 11 is 0. The molecule has 0 atom stereocenters. The van der Waals surface area contributed by atoms with Crippen molar-refractivity contribution in [2.24, 2.45) is 10.8 Å². The fraction of sp³-hybridized carbons (Fsp3) is 0.175. The van der Waals surface area contributed by atoms with Gasteiger partial charge >= 0.3 is 0 Å². The van der Waals surface area contributed by atoms with Crippen LogP contribution in [0.15, 0.2) is 176 Å². The summed E-state index contributed by atoms with van der Waals surface area (Å²) in [5.74, 6) is 1.47. The second-order valence-electron chi connectivity index (χ2n) is 17.8. The van der Waals surface area contributed by atoms with Gasteiger partial charge in [0, 0.05) is 26.1 Å². The van der Waals surface area contributed by atoms with Gasteiger partial charge in [-0.25, -0.2) is 4.98 Å². The normalized spacial score (nSPS) is 15.0. The molecule has 0 spiro atoms. The molecule has 6 aromatic carbocycles. The highest BCUT2D eigenvalue weighted by atomic mass is 16.5. The molecule has 4 heterocycles. The first-order chi connectivity index (χ1) is 35.4. The minimum Gasteiger partial charge on any atom is -0.458 e. The summed E-state index contributed by atoms with van der Waals surface area (Å²) < 4.78 is 117. The topological polar surface area (TPSA) is 48.8 Å². The monoisotopic (exact) mass is 833 g/mol. The first-order valence-electron chi connectivity index (χ1n) is 26.8. The number of hydrogen-bond donors (Lipinski definition) is 0.